The molecule has 2 saturated heterocycles. The van der Waals surface area contributed by atoms with Crippen LogP contribution in [0.4, 0.5) is 5.95 Å². The smallest absolute Gasteiger partial charge is 0.246 e. The van der Waals surface area contributed by atoms with Crippen molar-refractivity contribution in [1.29, 1.82) is 0 Å². The van der Waals surface area contributed by atoms with Gasteiger partial charge >= 0.3 is 0 Å². The number of anilines is 1. The molecule has 6 aromatic rings. The molecule has 17 heteroatoms. The van der Waals surface area contributed by atoms with E-state index >= 15 is 0 Å². The van der Waals surface area contributed by atoms with E-state index in [1.54, 1.807) is 23.5 Å². The minimum absolute atomic E-state index is 0.0327. The second kappa shape index (κ2) is 20.1. The molecule has 16 nitrogen and oxygen atoms in total. The van der Waals surface area contributed by atoms with E-state index in [-0.39, 0.29) is 48.4 Å². The summed E-state index contributed by atoms with van der Waals surface area (Å²) >= 11 is 1.59. The van der Waals surface area contributed by atoms with Gasteiger partial charge in [-0.05, 0) is 124 Å². The highest BCUT2D eigenvalue weighted by atomic mass is 32.1. The number of para-hydroxylation sites is 1. The van der Waals surface area contributed by atoms with E-state index in [4.69, 9.17) is 9.97 Å². The summed E-state index contributed by atoms with van der Waals surface area (Å²) < 4.78 is 0. The number of thiazole rings is 1. The number of hydrogen-bond acceptors (Lipinski definition) is 13. The van der Waals surface area contributed by atoms with Crippen LogP contribution in [0.5, 0.6) is 5.75 Å². The van der Waals surface area contributed by atoms with Crippen molar-refractivity contribution in [2.24, 2.45) is 11.3 Å². The summed E-state index contributed by atoms with van der Waals surface area (Å²) in [7, 11) is 0. The fraction of sp³-hybridized carbons (Fsp3) is 0.481. The Bertz CT molecular complexity index is 2880. The lowest BCUT2D eigenvalue weighted by molar-refractivity contribution is -0.145. The molecule has 0 bridgehead atoms. The van der Waals surface area contributed by atoms with Gasteiger partial charge in [-0.25, -0.2) is 15.0 Å². The molecule has 4 atom stereocenters. The zero-order chi connectivity index (χ0) is 49.6. The van der Waals surface area contributed by atoms with Gasteiger partial charge in [-0.15, -0.1) is 21.5 Å². The fourth-order valence-electron chi connectivity index (χ4n) is 11.3. The Morgan fingerprint density at radius 1 is 0.887 bits per heavy atom. The van der Waals surface area contributed by atoms with Crippen molar-refractivity contribution in [3.05, 3.63) is 101 Å². The van der Waals surface area contributed by atoms with Gasteiger partial charge in [0.1, 0.15) is 17.8 Å². The number of nitrogens with one attached hydrogen (secondary N) is 3. The number of β-amino-alcohol motifs (C(OH)–C–C–N with tert-alkyl or cyclic N) is 1. The number of aryl methyl sites for hydroxylation is 1. The fourth-order valence-corrected chi connectivity index (χ4v) is 12.1. The number of phenols is 1. The average Bonchev–Trinajstić information content (AvgIpc) is 4.11. The first kappa shape index (κ1) is 48.3. The van der Waals surface area contributed by atoms with Crippen molar-refractivity contribution in [2.45, 2.75) is 129 Å². The quantitative estimate of drug-likeness (QED) is 0.0873. The van der Waals surface area contributed by atoms with Gasteiger partial charge in [0.25, 0.3) is 0 Å². The highest BCUT2D eigenvalue weighted by molar-refractivity contribution is 7.13. The molecule has 3 amide bonds. The number of likely N-dealkylation sites (tertiary alicyclic amines) is 2. The maximum absolute atomic E-state index is 14.4. The van der Waals surface area contributed by atoms with E-state index in [2.05, 4.69) is 40.6 Å². The molecule has 5 N–H and O–H groups in total. The van der Waals surface area contributed by atoms with Gasteiger partial charge in [0, 0.05) is 60.5 Å². The van der Waals surface area contributed by atoms with Crippen LogP contribution < -0.4 is 15.5 Å². The van der Waals surface area contributed by atoms with E-state index in [1.807, 2.05) is 95.0 Å². The van der Waals surface area contributed by atoms with Crippen LogP contribution in [0.3, 0.4) is 0 Å². The Morgan fingerprint density at radius 2 is 1.62 bits per heavy atom. The lowest BCUT2D eigenvalue weighted by Crippen LogP contribution is -2.58. The number of carbonyl (C=O) groups is 3. The molecule has 7 heterocycles. The number of aromatic hydroxyl groups is 1. The summed E-state index contributed by atoms with van der Waals surface area (Å²) in [6, 6.07) is 15.6. The summed E-state index contributed by atoms with van der Waals surface area (Å²) in [4.78, 5) is 67.1. The molecule has 71 heavy (non-hydrogen) atoms. The van der Waals surface area contributed by atoms with Gasteiger partial charge in [0.15, 0.2) is 5.65 Å². The molecule has 10 rings (SSSR count). The molecule has 1 saturated carbocycles. The summed E-state index contributed by atoms with van der Waals surface area (Å²) in [6.07, 6.45) is 9.48. The van der Waals surface area contributed by atoms with Crippen LogP contribution in [-0.4, -0.2) is 118 Å². The number of rotatable bonds is 11. The topological polar surface area (TPSA) is 206 Å². The largest absolute Gasteiger partial charge is 0.507 e. The third-order valence-corrected chi connectivity index (χ3v) is 16.5. The number of phenolic OH excluding ortho intramolecular Hbond substituents is 1. The third kappa shape index (κ3) is 10.1. The molecule has 372 valence electrons. The van der Waals surface area contributed by atoms with Crippen molar-refractivity contribution in [3.63, 3.8) is 0 Å². The predicted molar refractivity (Wildman–Crippen MR) is 273 cm³/mol. The Labute approximate surface area is 418 Å². The van der Waals surface area contributed by atoms with E-state index in [9.17, 15) is 24.6 Å². The van der Waals surface area contributed by atoms with Gasteiger partial charge in [0.05, 0.1) is 40.5 Å². The number of aliphatic hydroxyl groups is 1. The van der Waals surface area contributed by atoms with E-state index in [0.29, 0.717) is 35.7 Å². The van der Waals surface area contributed by atoms with E-state index in [1.165, 1.54) is 16.0 Å². The van der Waals surface area contributed by atoms with Crippen molar-refractivity contribution in [2.75, 3.05) is 31.1 Å². The van der Waals surface area contributed by atoms with Crippen molar-refractivity contribution >= 4 is 46.0 Å². The second-order valence-corrected chi connectivity index (χ2v) is 22.1. The maximum atomic E-state index is 14.4. The Hall–Kier alpha value is -6.30. The van der Waals surface area contributed by atoms with Gasteiger partial charge in [-0.1, -0.05) is 57.2 Å². The van der Waals surface area contributed by atoms with Gasteiger partial charge in [-0.3, -0.25) is 14.4 Å². The Morgan fingerprint density at radius 3 is 2.31 bits per heavy atom. The zero-order valence-electron chi connectivity index (χ0n) is 41.3. The molecule has 3 aliphatic heterocycles. The number of H-pyrrole nitrogens is 1. The monoisotopic (exact) mass is 979 g/mol. The first-order valence-electron chi connectivity index (χ1n) is 25.2. The number of benzene rings is 2. The maximum Gasteiger partial charge on any atom is 0.246 e. The lowest BCUT2D eigenvalue weighted by Gasteiger charge is -2.41. The minimum Gasteiger partial charge on any atom is -0.507 e. The molecule has 3 fully saturated rings. The normalized spacial score (nSPS) is 22.0. The second-order valence-electron chi connectivity index (χ2n) is 21.2. The standard InChI is InChI=1S/C54H65N11O5S/c1-31(33-10-12-35(13-11-33)47-32(2)57-30-71-47)58-51(69)45-24-39(66)28-65(45)52(70)48(54(3,4)5)60-50(68)36-14-16-38(17-15-36)63-21-18-34(19-22-63)37-26-55-53(56-27-37)64-23-20-40-42-25-43(41-8-6-7-9-46(41)67)61-62-49(42)59-44(40)29-64/h6-13,25-27,30-31,34,36,38-39,45,48,66-67H,14-24,28-29H2,1-5H3,(H,58,69)(H,59,62)(H,60,68)/t31-,36-,38+,39+,45-,48+/m0/s1. The number of aromatic nitrogens is 6. The molecular weight excluding hydrogens is 915 g/mol. The molecule has 2 aromatic carbocycles. The SMILES string of the molecule is Cc1ncsc1-c1ccc([C@H](C)NC(=O)[C@@H]2C[C@@H](O)CN2C(=O)[C@@H](NC(=O)[C@H]2CC[C@@H](N3CCC(c4cnc(N5CCc6c([nH]c7nnc(-c8ccccc8O)cc67)C5)nc4)CC3)CC2)C(C)(C)C)cc1. The van der Waals surface area contributed by atoms with Crippen molar-refractivity contribution in [3.8, 4) is 27.4 Å². The highest BCUT2D eigenvalue weighted by Gasteiger charge is 2.45. The number of hydrogen-bond donors (Lipinski definition) is 5. The van der Waals surface area contributed by atoms with Crippen LogP contribution in [0.15, 0.2) is 72.5 Å². The number of aliphatic hydroxyl groups excluding tert-OH is 1. The summed E-state index contributed by atoms with van der Waals surface area (Å²) in [5.74, 6) is 0.288. The van der Waals surface area contributed by atoms with Gasteiger partial charge in [-0.2, -0.15) is 0 Å². The third-order valence-electron chi connectivity index (χ3n) is 15.5. The molecule has 4 aliphatic rings. The molecule has 0 unspecified atom stereocenters. The van der Waals surface area contributed by atoms with Gasteiger partial charge < -0.3 is 40.5 Å². The minimum atomic E-state index is -0.861. The number of fused-ring (bicyclic) bond motifs is 3. The first-order chi connectivity index (χ1) is 34.2. The van der Waals surface area contributed by atoms with Crippen molar-refractivity contribution < 1.29 is 24.6 Å². The molecule has 1 aliphatic carbocycles. The van der Waals surface area contributed by atoms with Crippen LogP contribution in [0.2, 0.25) is 0 Å². The summed E-state index contributed by atoms with van der Waals surface area (Å²) in [5, 5.41) is 37.3. The number of piperidine rings is 1. The highest BCUT2D eigenvalue weighted by Crippen LogP contribution is 2.37. The first-order valence-corrected chi connectivity index (χ1v) is 26.1. The lowest BCUT2D eigenvalue weighted by atomic mass is 9.81. The molecule has 0 spiro atoms. The Kier molecular flexibility index (Phi) is 13.7. The molecule has 4 aromatic heterocycles. The molecular formula is C54H65N11O5S. The van der Waals surface area contributed by atoms with Crippen molar-refractivity contribution in [1.82, 2.24) is 50.6 Å². The number of amides is 3. The predicted octanol–water partition coefficient (Wildman–Crippen LogP) is 7.22. The van der Waals surface area contributed by atoms with Crippen LogP contribution >= 0.6 is 11.3 Å². The summed E-state index contributed by atoms with van der Waals surface area (Å²) in [5.41, 5.74) is 9.68. The zero-order valence-corrected chi connectivity index (χ0v) is 42.1. The Balaban J connectivity index is 0.692. The van der Waals surface area contributed by atoms with E-state index in [0.717, 1.165) is 103 Å². The van der Waals surface area contributed by atoms with E-state index < -0.39 is 23.6 Å². The number of nitrogens with zero attached hydrogens (tertiary/aromatic N) is 8. The van der Waals surface area contributed by atoms with Crippen LogP contribution in [0.25, 0.3) is 32.7 Å². The molecule has 0 radical (unpaired) electrons. The number of carbonyl (C=O) groups excluding carboxylic acids is 3. The van der Waals surface area contributed by atoms with Crippen LogP contribution in [-0.2, 0) is 27.3 Å². The summed E-state index contributed by atoms with van der Waals surface area (Å²) in [6.45, 7) is 13.1. The van der Waals surface area contributed by atoms with Crippen LogP contribution in [0, 0.1) is 18.3 Å². The number of aromatic amines is 1. The van der Waals surface area contributed by atoms with Gasteiger partial charge in [0.2, 0.25) is 23.7 Å². The average molecular weight is 980 g/mol. The van der Waals surface area contributed by atoms with Crippen LogP contribution in [0.1, 0.15) is 113 Å².